The molecular formula is C14H16BrF3N2O2. The SMILES string of the molecule is O=C(CCc1cccc(Br)c1)NCCCNC(=O)C(F)(F)F. The minimum Gasteiger partial charge on any atom is -0.356 e. The maximum Gasteiger partial charge on any atom is 0.471 e. The van der Waals surface area contributed by atoms with Gasteiger partial charge in [0, 0.05) is 24.0 Å². The molecule has 0 saturated heterocycles. The Balaban J connectivity index is 2.13. The molecule has 1 rings (SSSR count). The van der Waals surface area contributed by atoms with Crippen molar-refractivity contribution in [2.75, 3.05) is 13.1 Å². The highest BCUT2D eigenvalue weighted by atomic mass is 79.9. The smallest absolute Gasteiger partial charge is 0.356 e. The van der Waals surface area contributed by atoms with E-state index in [0.717, 1.165) is 10.0 Å². The van der Waals surface area contributed by atoms with E-state index in [0.29, 0.717) is 12.8 Å². The Morgan fingerprint density at radius 1 is 1.14 bits per heavy atom. The second kappa shape index (κ2) is 8.77. The van der Waals surface area contributed by atoms with E-state index in [1.54, 1.807) is 5.32 Å². The molecule has 1 aromatic carbocycles. The molecule has 22 heavy (non-hydrogen) atoms. The van der Waals surface area contributed by atoms with Crippen LogP contribution in [0, 0.1) is 0 Å². The summed E-state index contributed by atoms with van der Waals surface area (Å²) in [6.07, 6.45) is -3.75. The van der Waals surface area contributed by atoms with Gasteiger partial charge in [-0.15, -0.1) is 0 Å². The predicted molar refractivity (Wildman–Crippen MR) is 79.2 cm³/mol. The topological polar surface area (TPSA) is 58.2 Å². The van der Waals surface area contributed by atoms with Crippen molar-refractivity contribution >= 4 is 27.7 Å². The minimum absolute atomic E-state index is 0.135. The van der Waals surface area contributed by atoms with Crippen LogP contribution < -0.4 is 10.6 Å². The molecule has 0 aliphatic rings. The number of aryl methyl sites for hydroxylation is 1. The fourth-order valence-electron chi connectivity index (χ4n) is 1.66. The van der Waals surface area contributed by atoms with Crippen molar-refractivity contribution < 1.29 is 22.8 Å². The van der Waals surface area contributed by atoms with Crippen LogP contribution in [0.15, 0.2) is 28.7 Å². The Hall–Kier alpha value is -1.57. The number of halogens is 4. The molecule has 0 aliphatic heterocycles. The van der Waals surface area contributed by atoms with Gasteiger partial charge in [0.05, 0.1) is 0 Å². The number of benzene rings is 1. The molecule has 0 aromatic heterocycles. The lowest BCUT2D eigenvalue weighted by Crippen LogP contribution is -2.38. The predicted octanol–water partition coefficient (Wildman–Crippen LogP) is 2.57. The quantitative estimate of drug-likeness (QED) is 0.714. The molecule has 8 heteroatoms. The van der Waals surface area contributed by atoms with Gasteiger partial charge in [-0.3, -0.25) is 9.59 Å². The van der Waals surface area contributed by atoms with E-state index >= 15 is 0 Å². The molecule has 0 bridgehead atoms. The zero-order chi connectivity index (χ0) is 16.6. The van der Waals surface area contributed by atoms with Gasteiger partial charge in [0.15, 0.2) is 0 Å². The van der Waals surface area contributed by atoms with Crippen molar-refractivity contribution in [3.63, 3.8) is 0 Å². The summed E-state index contributed by atoms with van der Waals surface area (Å²) >= 11 is 3.34. The molecule has 122 valence electrons. The Morgan fingerprint density at radius 3 is 2.45 bits per heavy atom. The third-order valence-electron chi connectivity index (χ3n) is 2.75. The van der Waals surface area contributed by atoms with Crippen molar-refractivity contribution in [1.29, 1.82) is 0 Å². The van der Waals surface area contributed by atoms with Crippen LogP contribution in [-0.2, 0) is 16.0 Å². The second-order valence-corrected chi connectivity index (χ2v) is 5.50. The zero-order valence-corrected chi connectivity index (χ0v) is 13.3. The summed E-state index contributed by atoms with van der Waals surface area (Å²) in [7, 11) is 0. The minimum atomic E-state index is -4.87. The van der Waals surface area contributed by atoms with Gasteiger partial charge in [-0.1, -0.05) is 28.1 Å². The van der Waals surface area contributed by atoms with E-state index in [9.17, 15) is 22.8 Å². The van der Waals surface area contributed by atoms with Crippen LogP contribution >= 0.6 is 15.9 Å². The maximum atomic E-state index is 11.9. The molecule has 0 aliphatic carbocycles. The van der Waals surface area contributed by atoms with Gasteiger partial charge in [0.25, 0.3) is 0 Å². The third kappa shape index (κ3) is 7.44. The van der Waals surface area contributed by atoms with Crippen LogP contribution in [0.5, 0.6) is 0 Å². The van der Waals surface area contributed by atoms with Gasteiger partial charge >= 0.3 is 12.1 Å². The third-order valence-corrected chi connectivity index (χ3v) is 3.24. The van der Waals surface area contributed by atoms with Crippen molar-refractivity contribution in [2.24, 2.45) is 0 Å². The second-order valence-electron chi connectivity index (χ2n) is 4.59. The molecule has 4 nitrogen and oxygen atoms in total. The Labute approximate surface area is 134 Å². The average Bonchev–Trinajstić information content (AvgIpc) is 2.43. The Bertz CT molecular complexity index is 521. The van der Waals surface area contributed by atoms with Crippen LogP contribution in [-0.4, -0.2) is 31.1 Å². The fraction of sp³-hybridized carbons (Fsp3) is 0.429. The number of carbonyl (C=O) groups excluding carboxylic acids is 2. The normalized spacial score (nSPS) is 11.1. The molecule has 0 unspecified atom stereocenters. The van der Waals surface area contributed by atoms with Crippen molar-refractivity contribution in [2.45, 2.75) is 25.4 Å². The summed E-state index contributed by atoms with van der Waals surface area (Å²) in [5, 5.41) is 4.34. The first-order chi connectivity index (χ1) is 10.3. The summed E-state index contributed by atoms with van der Waals surface area (Å²) in [6, 6.07) is 7.59. The van der Waals surface area contributed by atoms with E-state index in [1.165, 1.54) is 0 Å². The first kappa shape index (κ1) is 18.5. The number of rotatable bonds is 7. The van der Waals surface area contributed by atoms with Crippen LogP contribution in [0.4, 0.5) is 13.2 Å². The van der Waals surface area contributed by atoms with Crippen molar-refractivity contribution in [1.82, 2.24) is 10.6 Å². The molecule has 0 heterocycles. The number of amides is 2. The Morgan fingerprint density at radius 2 is 1.82 bits per heavy atom. The van der Waals surface area contributed by atoms with Gasteiger partial charge in [0.2, 0.25) is 5.91 Å². The monoisotopic (exact) mass is 380 g/mol. The molecule has 0 saturated carbocycles. The highest BCUT2D eigenvalue weighted by molar-refractivity contribution is 9.10. The highest BCUT2D eigenvalue weighted by Crippen LogP contribution is 2.14. The van der Waals surface area contributed by atoms with Crippen LogP contribution in [0.25, 0.3) is 0 Å². The molecule has 0 radical (unpaired) electrons. The lowest BCUT2D eigenvalue weighted by molar-refractivity contribution is -0.173. The van der Waals surface area contributed by atoms with E-state index in [-0.39, 0.29) is 25.4 Å². The number of hydrogen-bond acceptors (Lipinski definition) is 2. The van der Waals surface area contributed by atoms with E-state index in [2.05, 4.69) is 21.2 Å². The highest BCUT2D eigenvalue weighted by Gasteiger charge is 2.38. The fourth-order valence-corrected chi connectivity index (χ4v) is 2.10. The first-order valence-corrected chi connectivity index (χ1v) is 7.44. The number of carbonyl (C=O) groups is 2. The van der Waals surface area contributed by atoms with Crippen molar-refractivity contribution in [3.05, 3.63) is 34.3 Å². The lowest BCUT2D eigenvalue weighted by atomic mass is 10.1. The number of hydrogen-bond donors (Lipinski definition) is 2. The van der Waals surface area contributed by atoms with E-state index in [1.807, 2.05) is 24.3 Å². The van der Waals surface area contributed by atoms with E-state index < -0.39 is 12.1 Å². The van der Waals surface area contributed by atoms with Gasteiger partial charge in [0.1, 0.15) is 0 Å². The molecule has 2 amide bonds. The summed E-state index contributed by atoms with van der Waals surface area (Å²) in [5.74, 6) is -2.14. The van der Waals surface area contributed by atoms with E-state index in [4.69, 9.17) is 0 Å². The average molecular weight is 381 g/mol. The summed E-state index contributed by atoms with van der Waals surface area (Å²) in [6.45, 7) is 0.0830. The maximum absolute atomic E-state index is 11.9. The Kier molecular flexibility index (Phi) is 7.37. The van der Waals surface area contributed by atoms with Gasteiger partial charge in [-0.2, -0.15) is 13.2 Å². The van der Waals surface area contributed by atoms with Gasteiger partial charge in [-0.05, 0) is 30.5 Å². The lowest BCUT2D eigenvalue weighted by Gasteiger charge is -2.08. The molecule has 0 atom stereocenters. The molecular weight excluding hydrogens is 365 g/mol. The zero-order valence-electron chi connectivity index (χ0n) is 11.7. The first-order valence-electron chi connectivity index (χ1n) is 6.65. The number of nitrogens with one attached hydrogen (secondary N) is 2. The van der Waals surface area contributed by atoms with Crippen molar-refractivity contribution in [3.8, 4) is 0 Å². The molecule has 0 fully saturated rings. The molecule has 0 spiro atoms. The molecule has 2 N–H and O–H groups in total. The molecule has 1 aromatic rings. The van der Waals surface area contributed by atoms with Gasteiger partial charge < -0.3 is 10.6 Å². The number of alkyl halides is 3. The van der Waals surface area contributed by atoms with Gasteiger partial charge in [-0.25, -0.2) is 0 Å². The summed E-state index contributed by atoms with van der Waals surface area (Å²) in [4.78, 5) is 22.1. The van der Waals surface area contributed by atoms with Crippen LogP contribution in [0.1, 0.15) is 18.4 Å². The standard InChI is InChI=1S/C14H16BrF3N2O2/c15-11-4-1-3-10(9-11)5-6-12(21)19-7-2-8-20-13(22)14(16,17)18/h1,3-4,9H,2,5-8H2,(H,19,21)(H,20,22). The summed E-state index contributed by atoms with van der Waals surface area (Å²) in [5.41, 5.74) is 1.02. The largest absolute Gasteiger partial charge is 0.471 e. The van der Waals surface area contributed by atoms with Crippen LogP contribution in [0.3, 0.4) is 0 Å². The van der Waals surface area contributed by atoms with Crippen LogP contribution in [0.2, 0.25) is 0 Å². The summed E-state index contributed by atoms with van der Waals surface area (Å²) < 4.78 is 36.6.